The summed E-state index contributed by atoms with van der Waals surface area (Å²) in [6, 6.07) is 12.9. The second-order valence-corrected chi connectivity index (χ2v) is 5.37. The molecule has 0 radical (unpaired) electrons. The molecule has 0 saturated heterocycles. The van der Waals surface area contributed by atoms with Gasteiger partial charge in [-0.05, 0) is 17.0 Å². The van der Waals surface area contributed by atoms with Crippen LogP contribution in [0.15, 0.2) is 52.6 Å². The first kappa shape index (κ1) is 12.6. The Bertz CT molecular complexity index is 764. The average Bonchev–Trinajstić information content (AvgIpc) is 2.92. The van der Waals surface area contributed by atoms with Crippen LogP contribution in [0, 0.1) is 0 Å². The van der Waals surface area contributed by atoms with Crippen molar-refractivity contribution in [3.05, 3.63) is 68.9 Å². The predicted molar refractivity (Wildman–Crippen MR) is 79.1 cm³/mol. The Hall–Kier alpha value is -2.40. The molecule has 0 aliphatic carbocycles. The van der Waals surface area contributed by atoms with Crippen molar-refractivity contribution in [1.29, 1.82) is 0 Å². The molecule has 0 spiro atoms. The van der Waals surface area contributed by atoms with Crippen molar-refractivity contribution in [2.45, 2.75) is 6.42 Å². The van der Waals surface area contributed by atoms with Crippen molar-refractivity contribution in [3.8, 4) is 17.0 Å². The number of H-pyrrole nitrogens is 1. The van der Waals surface area contributed by atoms with Gasteiger partial charge in [-0.15, -0.1) is 11.3 Å². The summed E-state index contributed by atoms with van der Waals surface area (Å²) in [7, 11) is 0. The number of benzene rings is 1. The molecule has 0 bridgehead atoms. The van der Waals surface area contributed by atoms with Crippen molar-refractivity contribution in [3.63, 3.8) is 0 Å². The Morgan fingerprint density at radius 1 is 1.15 bits per heavy atom. The van der Waals surface area contributed by atoms with Gasteiger partial charge in [-0.25, -0.2) is 0 Å². The normalized spacial score (nSPS) is 10.6. The number of aromatic hydroxyl groups is 1. The highest BCUT2D eigenvalue weighted by Gasteiger charge is 2.13. The number of thiophene rings is 1. The van der Waals surface area contributed by atoms with Crippen LogP contribution < -0.4 is 5.56 Å². The van der Waals surface area contributed by atoms with Crippen molar-refractivity contribution in [2.75, 3.05) is 0 Å². The number of aromatic amines is 1. The van der Waals surface area contributed by atoms with Gasteiger partial charge in [-0.3, -0.25) is 4.79 Å². The lowest BCUT2D eigenvalue weighted by Crippen LogP contribution is -2.14. The highest BCUT2D eigenvalue weighted by atomic mass is 32.1. The molecule has 20 heavy (non-hydrogen) atoms. The summed E-state index contributed by atoms with van der Waals surface area (Å²) in [6.07, 6.45) is 0.509. The molecule has 0 unspecified atom stereocenters. The van der Waals surface area contributed by atoms with Crippen LogP contribution >= 0.6 is 11.3 Å². The second kappa shape index (κ2) is 5.30. The zero-order valence-corrected chi connectivity index (χ0v) is 11.4. The Morgan fingerprint density at radius 2 is 1.95 bits per heavy atom. The van der Waals surface area contributed by atoms with Gasteiger partial charge in [0, 0.05) is 11.3 Å². The molecule has 3 rings (SSSR count). The molecule has 0 saturated carbocycles. The first-order valence-corrected chi connectivity index (χ1v) is 7.02. The molecule has 3 aromatic rings. The van der Waals surface area contributed by atoms with E-state index in [-0.39, 0.29) is 17.0 Å². The molecule has 100 valence electrons. The monoisotopic (exact) mass is 284 g/mol. The van der Waals surface area contributed by atoms with Gasteiger partial charge in [0.05, 0.1) is 0 Å². The summed E-state index contributed by atoms with van der Waals surface area (Å²) < 4.78 is 0. The van der Waals surface area contributed by atoms with Crippen molar-refractivity contribution in [2.24, 2.45) is 0 Å². The molecule has 0 atom stereocenters. The van der Waals surface area contributed by atoms with Crippen LogP contribution in [0.25, 0.3) is 11.1 Å². The fourth-order valence-corrected chi connectivity index (χ4v) is 2.74. The van der Waals surface area contributed by atoms with Crippen molar-refractivity contribution < 1.29 is 5.11 Å². The maximum absolute atomic E-state index is 12.1. The van der Waals surface area contributed by atoms with Gasteiger partial charge >= 0.3 is 0 Å². The van der Waals surface area contributed by atoms with E-state index in [4.69, 9.17) is 0 Å². The summed E-state index contributed by atoms with van der Waals surface area (Å²) in [5.74, 6) is 0.237. The van der Waals surface area contributed by atoms with E-state index in [0.717, 1.165) is 4.88 Å². The maximum Gasteiger partial charge on any atom is 0.262 e. The molecule has 2 N–H and O–H groups in total. The quantitative estimate of drug-likeness (QED) is 0.777. The zero-order valence-electron chi connectivity index (χ0n) is 10.5. The van der Waals surface area contributed by atoms with E-state index >= 15 is 0 Å². The van der Waals surface area contributed by atoms with Crippen molar-refractivity contribution in [1.82, 2.24) is 9.97 Å². The Morgan fingerprint density at radius 3 is 2.60 bits per heavy atom. The van der Waals surface area contributed by atoms with E-state index in [2.05, 4.69) is 9.97 Å². The lowest BCUT2D eigenvalue weighted by atomic mass is 10.1. The van der Waals surface area contributed by atoms with Crippen LogP contribution in [-0.4, -0.2) is 15.1 Å². The predicted octanol–water partition coefficient (Wildman–Crippen LogP) is 2.79. The zero-order chi connectivity index (χ0) is 13.9. The Kier molecular flexibility index (Phi) is 3.35. The third-order valence-electron chi connectivity index (χ3n) is 2.93. The van der Waals surface area contributed by atoms with Crippen LogP contribution in [0.1, 0.15) is 10.7 Å². The molecule has 0 amide bonds. The highest BCUT2D eigenvalue weighted by Crippen LogP contribution is 2.23. The number of aromatic nitrogens is 2. The minimum atomic E-state index is -0.324. The third kappa shape index (κ3) is 2.48. The fourth-order valence-electron chi connectivity index (χ4n) is 2.03. The first-order valence-electron chi connectivity index (χ1n) is 6.14. The number of nitrogens with zero attached hydrogens (tertiary/aromatic N) is 1. The van der Waals surface area contributed by atoms with E-state index in [1.165, 1.54) is 0 Å². The summed E-state index contributed by atoms with van der Waals surface area (Å²) in [5, 5.41) is 12.0. The van der Waals surface area contributed by atoms with Crippen LogP contribution in [0.2, 0.25) is 0 Å². The molecular weight excluding hydrogens is 272 g/mol. The number of nitrogens with one attached hydrogen (secondary N) is 1. The van der Waals surface area contributed by atoms with Gasteiger partial charge in [0.25, 0.3) is 5.56 Å². The van der Waals surface area contributed by atoms with Crippen LogP contribution in [0.4, 0.5) is 0 Å². The molecular formula is C15H12N2O2S. The smallest absolute Gasteiger partial charge is 0.262 e. The van der Waals surface area contributed by atoms with Crippen LogP contribution in [0.3, 0.4) is 0 Å². The molecule has 2 aromatic heterocycles. The largest absolute Gasteiger partial charge is 0.493 e. The van der Waals surface area contributed by atoms with E-state index in [0.29, 0.717) is 17.8 Å². The standard InChI is InChI=1S/C15H12N2O2S/c18-14-13(10-5-2-1-3-6-10)15(19)17-12(16-14)9-11-7-4-8-20-11/h1-8H,9H2,(H2,16,17,18,19). The molecule has 4 nitrogen and oxygen atoms in total. The third-order valence-corrected chi connectivity index (χ3v) is 3.81. The molecule has 2 heterocycles. The van der Waals surface area contributed by atoms with Gasteiger partial charge in [-0.2, -0.15) is 4.98 Å². The minimum absolute atomic E-state index is 0.209. The van der Waals surface area contributed by atoms with Gasteiger partial charge in [-0.1, -0.05) is 36.4 Å². The van der Waals surface area contributed by atoms with Gasteiger partial charge in [0.2, 0.25) is 5.88 Å². The van der Waals surface area contributed by atoms with Gasteiger partial charge in [0.1, 0.15) is 11.4 Å². The van der Waals surface area contributed by atoms with E-state index in [9.17, 15) is 9.90 Å². The second-order valence-electron chi connectivity index (χ2n) is 4.33. The first-order chi connectivity index (χ1) is 9.74. The number of rotatable bonds is 3. The highest BCUT2D eigenvalue weighted by molar-refractivity contribution is 7.09. The van der Waals surface area contributed by atoms with E-state index in [1.54, 1.807) is 23.5 Å². The summed E-state index contributed by atoms with van der Waals surface area (Å²) >= 11 is 1.59. The average molecular weight is 284 g/mol. The minimum Gasteiger partial charge on any atom is -0.493 e. The fraction of sp³-hybridized carbons (Fsp3) is 0.0667. The van der Waals surface area contributed by atoms with Gasteiger partial charge < -0.3 is 10.1 Å². The SMILES string of the molecule is O=c1[nH]c(Cc2cccs2)nc(O)c1-c1ccccc1. The summed E-state index contributed by atoms with van der Waals surface area (Å²) in [6.45, 7) is 0. The number of hydrogen-bond acceptors (Lipinski definition) is 4. The molecule has 0 aliphatic heterocycles. The lowest BCUT2D eigenvalue weighted by Gasteiger charge is -2.05. The van der Waals surface area contributed by atoms with Crippen LogP contribution in [-0.2, 0) is 6.42 Å². The molecule has 0 aliphatic rings. The Balaban J connectivity index is 2.01. The van der Waals surface area contributed by atoms with E-state index in [1.807, 2.05) is 35.7 Å². The molecule has 5 heteroatoms. The van der Waals surface area contributed by atoms with E-state index < -0.39 is 0 Å². The van der Waals surface area contributed by atoms with Gasteiger partial charge in [0.15, 0.2) is 0 Å². The topological polar surface area (TPSA) is 66.0 Å². The summed E-state index contributed by atoms with van der Waals surface area (Å²) in [4.78, 5) is 20.0. The number of hydrogen-bond donors (Lipinski definition) is 2. The Labute approximate surface area is 119 Å². The van der Waals surface area contributed by atoms with Crippen LogP contribution in [0.5, 0.6) is 5.88 Å². The lowest BCUT2D eigenvalue weighted by molar-refractivity contribution is 0.450. The molecule has 1 aromatic carbocycles. The maximum atomic E-state index is 12.1. The summed E-state index contributed by atoms with van der Waals surface area (Å²) in [5.41, 5.74) is 0.539. The van der Waals surface area contributed by atoms with Crippen molar-refractivity contribution >= 4 is 11.3 Å². The molecule has 0 fully saturated rings.